The maximum absolute atomic E-state index is 13.1. The highest BCUT2D eigenvalue weighted by atomic mass is 35.5. The lowest BCUT2D eigenvalue weighted by atomic mass is 10.2. The van der Waals surface area contributed by atoms with E-state index in [-0.39, 0.29) is 12.4 Å². The van der Waals surface area contributed by atoms with Crippen LogP contribution in [0.5, 0.6) is 5.75 Å². The maximum atomic E-state index is 13.1. The molecule has 2 rings (SSSR count). The largest absolute Gasteiger partial charge is 0.487 e. The molecule has 0 atom stereocenters. The average molecular weight is 286 g/mol. The lowest BCUT2D eigenvalue weighted by Gasteiger charge is -2.10. The molecule has 2 nitrogen and oxygen atoms in total. The van der Waals surface area contributed by atoms with Crippen LogP contribution in [0.1, 0.15) is 5.56 Å². The molecule has 0 saturated heterocycles. The van der Waals surface area contributed by atoms with Gasteiger partial charge in [0.15, 0.2) is 0 Å². The van der Waals surface area contributed by atoms with Crippen molar-refractivity contribution in [2.75, 3.05) is 5.73 Å². The second kappa shape index (κ2) is 5.46. The van der Waals surface area contributed by atoms with E-state index in [2.05, 4.69) is 0 Å². The Labute approximate surface area is 114 Å². The van der Waals surface area contributed by atoms with Crippen LogP contribution in [0.2, 0.25) is 10.0 Å². The molecule has 0 amide bonds. The molecule has 0 aromatic heterocycles. The highest BCUT2D eigenvalue weighted by Crippen LogP contribution is 2.28. The van der Waals surface area contributed by atoms with E-state index in [1.54, 1.807) is 18.2 Å². The number of halogens is 3. The van der Waals surface area contributed by atoms with Gasteiger partial charge in [-0.1, -0.05) is 23.2 Å². The summed E-state index contributed by atoms with van der Waals surface area (Å²) in [7, 11) is 0. The fourth-order valence-corrected chi connectivity index (χ4v) is 1.78. The van der Waals surface area contributed by atoms with Crippen LogP contribution < -0.4 is 10.5 Å². The molecule has 2 aromatic carbocycles. The summed E-state index contributed by atoms with van der Waals surface area (Å²) in [4.78, 5) is 0. The number of hydrogen-bond donors (Lipinski definition) is 1. The van der Waals surface area contributed by atoms with Gasteiger partial charge in [-0.2, -0.15) is 0 Å². The van der Waals surface area contributed by atoms with Gasteiger partial charge in [0.05, 0.1) is 5.02 Å². The molecule has 94 valence electrons. The second-order valence-electron chi connectivity index (χ2n) is 3.71. The summed E-state index contributed by atoms with van der Waals surface area (Å²) in [5.41, 5.74) is 6.74. The fourth-order valence-electron chi connectivity index (χ4n) is 1.44. The number of nitrogen functional groups attached to an aromatic ring is 1. The zero-order valence-corrected chi connectivity index (χ0v) is 10.8. The predicted octanol–water partition coefficient (Wildman–Crippen LogP) is 4.29. The van der Waals surface area contributed by atoms with Crippen molar-refractivity contribution in [3.63, 3.8) is 0 Å². The standard InChI is InChI=1S/C13H10Cl2FNO/c14-9-1-3-11(15)13(6-9)18-7-8-5-10(16)2-4-12(8)17/h1-6H,7,17H2. The normalized spacial score (nSPS) is 10.4. The number of nitrogens with two attached hydrogens (primary N) is 1. The third-order valence-corrected chi connectivity index (χ3v) is 2.93. The molecule has 0 saturated carbocycles. The molecule has 5 heteroatoms. The summed E-state index contributed by atoms with van der Waals surface area (Å²) < 4.78 is 18.5. The van der Waals surface area contributed by atoms with E-state index in [1.807, 2.05) is 0 Å². The summed E-state index contributed by atoms with van der Waals surface area (Å²) in [6, 6.07) is 9.01. The third kappa shape index (κ3) is 3.06. The van der Waals surface area contributed by atoms with Gasteiger partial charge in [-0.15, -0.1) is 0 Å². The molecule has 0 aliphatic heterocycles. The Balaban J connectivity index is 2.16. The fraction of sp³-hybridized carbons (Fsp3) is 0.0769. The van der Waals surface area contributed by atoms with E-state index in [9.17, 15) is 4.39 Å². The highest BCUT2D eigenvalue weighted by Gasteiger charge is 2.06. The van der Waals surface area contributed by atoms with Crippen LogP contribution in [0.15, 0.2) is 36.4 Å². The first kappa shape index (κ1) is 13.0. The van der Waals surface area contributed by atoms with Crippen molar-refractivity contribution in [2.24, 2.45) is 0 Å². The zero-order valence-electron chi connectivity index (χ0n) is 9.29. The molecule has 0 heterocycles. The SMILES string of the molecule is Nc1ccc(F)cc1COc1cc(Cl)ccc1Cl. The van der Waals surface area contributed by atoms with E-state index < -0.39 is 0 Å². The summed E-state index contributed by atoms with van der Waals surface area (Å²) in [6.07, 6.45) is 0. The van der Waals surface area contributed by atoms with Gasteiger partial charge in [-0.25, -0.2) is 4.39 Å². The second-order valence-corrected chi connectivity index (χ2v) is 4.55. The molecule has 0 bridgehead atoms. The van der Waals surface area contributed by atoms with Gasteiger partial charge >= 0.3 is 0 Å². The molecule has 18 heavy (non-hydrogen) atoms. The van der Waals surface area contributed by atoms with Gasteiger partial charge in [-0.05, 0) is 30.3 Å². The molecule has 2 aromatic rings. The monoisotopic (exact) mass is 285 g/mol. The smallest absolute Gasteiger partial charge is 0.139 e. The molecule has 2 N–H and O–H groups in total. The van der Waals surface area contributed by atoms with Crippen molar-refractivity contribution in [3.8, 4) is 5.75 Å². The van der Waals surface area contributed by atoms with Gasteiger partial charge < -0.3 is 10.5 Å². The maximum Gasteiger partial charge on any atom is 0.139 e. The molecule has 0 aliphatic rings. The molecule has 0 spiro atoms. The summed E-state index contributed by atoms with van der Waals surface area (Å²) in [5, 5.41) is 0.955. The number of anilines is 1. The van der Waals surface area contributed by atoms with Crippen molar-refractivity contribution in [1.29, 1.82) is 0 Å². The Kier molecular flexibility index (Phi) is 3.94. The quantitative estimate of drug-likeness (QED) is 0.854. The Morgan fingerprint density at radius 3 is 2.67 bits per heavy atom. The first-order valence-corrected chi connectivity index (χ1v) is 5.93. The van der Waals surface area contributed by atoms with Gasteiger partial charge in [0, 0.05) is 22.3 Å². The van der Waals surface area contributed by atoms with E-state index in [1.165, 1.54) is 18.2 Å². The average Bonchev–Trinajstić information content (AvgIpc) is 2.34. The number of benzene rings is 2. The van der Waals surface area contributed by atoms with E-state index in [4.69, 9.17) is 33.7 Å². The van der Waals surface area contributed by atoms with Crippen LogP contribution in [-0.4, -0.2) is 0 Å². The van der Waals surface area contributed by atoms with Crippen LogP contribution in [0.4, 0.5) is 10.1 Å². The van der Waals surface area contributed by atoms with E-state index >= 15 is 0 Å². The van der Waals surface area contributed by atoms with E-state index in [0.29, 0.717) is 27.0 Å². The van der Waals surface area contributed by atoms with E-state index in [0.717, 1.165) is 0 Å². The lowest BCUT2D eigenvalue weighted by molar-refractivity contribution is 0.306. The van der Waals surface area contributed by atoms with Crippen LogP contribution >= 0.6 is 23.2 Å². The van der Waals surface area contributed by atoms with Crippen LogP contribution in [0.3, 0.4) is 0 Å². The Morgan fingerprint density at radius 1 is 1.11 bits per heavy atom. The number of ether oxygens (including phenoxy) is 1. The van der Waals surface area contributed by atoms with Crippen LogP contribution in [0.25, 0.3) is 0 Å². The van der Waals surface area contributed by atoms with Gasteiger partial charge in [0.2, 0.25) is 0 Å². The Bertz CT molecular complexity index is 523. The summed E-state index contributed by atoms with van der Waals surface area (Å²) in [5.74, 6) is 0.0767. The lowest BCUT2D eigenvalue weighted by Crippen LogP contribution is -2.01. The third-order valence-electron chi connectivity index (χ3n) is 2.38. The van der Waals surface area contributed by atoms with Gasteiger partial charge in [-0.3, -0.25) is 0 Å². The van der Waals surface area contributed by atoms with Crippen LogP contribution in [0, 0.1) is 5.82 Å². The molecular formula is C13H10Cl2FNO. The van der Waals surface area contributed by atoms with Crippen molar-refractivity contribution < 1.29 is 9.13 Å². The molecule has 0 unspecified atom stereocenters. The van der Waals surface area contributed by atoms with Gasteiger partial charge in [0.1, 0.15) is 18.2 Å². The van der Waals surface area contributed by atoms with Crippen molar-refractivity contribution >= 4 is 28.9 Å². The molecule has 0 fully saturated rings. The van der Waals surface area contributed by atoms with Crippen LogP contribution in [-0.2, 0) is 6.61 Å². The summed E-state index contributed by atoms with van der Waals surface area (Å²) >= 11 is 11.8. The highest BCUT2D eigenvalue weighted by molar-refractivity contribution is 6.34. The van der Waals surface area contributed by atoms with Crippen molar-refractivity contribution in [1.82, 2.24) is 0 Å². The topological polar surface area (TPSA) is 35.2 Å². The number of hydrogen-bond acceptors (Lipinski definition) is 2. The zero-order chi connectivity index (χ0) is 13.1. The first-order chi connectivity index (χ1) is 8.56. The Hall–Kier alpha value is -1.45. The minimum absolute atomic E-state index is 0.129. The predicted molar refractivity (Wildman–Crippen MR) is 71.6 cm³/mol. The number of rotatable bonds is 3. The first-order valence-electron chi connectivity index (χ1n) is 5.18. The minimum atomic E-state index is -0.361. The van der Waals surface area contributed by atoms with Gasteiger partial charge in [0.25, 0.3) is 0 Å². The molecular weight excluding hydrogens is 276 g/mol. The van der Waals surface area contributed by atoms with Crippen molar-refractivity contribution in [3.05, 3.63) is 57.8 Å². The molecule has 0 radical (unpaired) electrons. The Morgan fingerprint density at radius 2 is 1.89 bits per heavy atom. The minimum Gasteiger partial charge on any atom is -0.487 e. The van der Waals surface area contributed by atoms with Crippen molar-refractivity contribution in [2.45, 2.75) is 6.61 Å². The summed E-state index contributed by atoms with van der Waals surface area (Å²) in [6.45, 7) is 0.129. The molecule has 0 aliphatic carbocycles.